The molecule has 1 aliphatic rings. The summed E-state index contributed by atoms with van der Waals surface area (Å²) < 4.78 is 27.3. The summed E-state index contributed by atoms with van der Waals surface area (Å²) in [5.74, 6) is 0. The van der Waals surface area contributed by atoms with Crippen molar-refractivity contribution in [3.63, 3.8) is 0 Å². The molecule has 1 aromatic heterocycles. The first-order valence-corrected chi connectivity index (χ1v) is 7.88. The molecule has 0 radical (unpaired) electrons. The second-order valence-electron chi connectivity index (χ2n) is 4.57. The van der Waals surface area contributed by atoms with Crippen LogP contribution in [-0.4, -0.2) is 13.4 Å². The fraction of sp³-hybridized carbons (Fsp3) is 0.133. The van der Waals surface area contributed by atoms with Gasteiger partial charge in [0.1, 0.15) is 0 Å². The van der Waals surface area contributed by atoms with E-state index >= 15 is 0 Å². The van der Waals surface area contributed by atoms with E-state index in [2.05, 4.69) is 9.71 Å². The lowest BCUT2D eigenvalue weighted by Gasteiger charge is -2.12. The van der Waals surface area contributed by atoms with Gasteiger partial charge in [-0.15, -0.1) is 0 Å². The molecule has 1 aromatic carbocycles. The van der Waals surface area contributed by atoms with Crippen molar-refractivity contribution in [3.8, 4) is 0 Å². The summed E-state index contributed by atoms with van der Waals surface area (Å²) in [7, 11) is -3.54. The first-order chi connectivity index (χ1) is 9.67. The molecule has 0 unspecified atom stereocenters. The summed E-state index contributed by atoms with van der Waals surface area (Å²) in [5.41, 5.74) is 1.15. The predicted molar refractivity (Wildman–Crippen MR) is 80.7 cm³/mol. The van der Waals surface area contributed by atoms with Crippen LogP contribution >= 0.6 is 0 Å². The minimum Gasteiger partial charge on any atom is -0.277 e. The molecule has 0 saturated heterocycles. The molecule has 0 saturated carbocycles. The molecular formula is C15H14N2O2S. The molecule has 2 aromatic rings. The van der Waals surface area contributed by atoms with Crippen molar-refractivity contribution >= 4 is 26.6 Å². The predicted octanol–water partition coefficient (Wildman–Crippen LogP) is 3.21. The summed E-state index contributed by atoms with van der Waals surface area (Å²) in [4.78, 5) is 4.56. The van der Waals surface area contributed by atoms with E-state index in [1.165, 1.54) is 0 Å². The maximum absolute atomic E-state index is 12.3. The summed E-state index contributed by atoms with van der Waals surface area (Å²) in [5, 5.41) is 0.904. The normalized spacial score (nSPS) is 15.1. The van der Waals surface area contributed by atoms with Crippen molar-refractivity contribution < 1.29 is 8.42 Å². The lowest BCUT2D eigenvalue weighted by molar-refractivity contribution is 0.607. The molecule has 4 nitrogen and oxygen atoms in total. The zero-order chi connectivity index (χ0) is 14.0. The molecular weight excluding hydrogens is 272 g/mol. The monoisotopic (exact) mass is 286 g/mol. The molecule has 0 amide bonds. The topological polar surface area (TPSA) is 59.1 Å². The van der Waals surface area contributed by atoms with Gasteiger partial charge in [-0.3, -0.25) is 9.71 Å². The Balaban J connectivity index is 2.01. The highest BCUT2D eigenvalue weighted by atomic mass is 32.2. The van der Waals surface area contributed by atoms with E-state index < -0.39 is 10.0 Å². The van der Waals surface area contributed by atoms with Crippen LogP contribution in [0.15, 0.2) is 59.7 Å². The maximum Gasteiger partial charge on any atom is 0.261 e. The maximum atomic E-state index is 12.3. The van der Waals surface area contributed by atoms with Crippen LogP contribution in [0, 0.1) is 0 Å². The summed E-state index contributed by atoms with van der Waals surface area (Å²) >= 11 is 0. The highest BCUT2D eigenvalue weighted by Gasteiger charge is 2.17. The Hall–Kier alpha value is -2.14. The number of nitrogens with one attached hydrogen (secondary N) is 1. The van der Waals surface area contributed by atoms with Gasteiger partial charge in [-0.25, -0.2) is 8.42 Å². The summed E-state index contributed by atoms with van der Waals surface area (Å²) in [6.07, 6.45) is 8.54. The van der Waals surface area contributed by atoms with Crippen LogP contribution in [0.25, 0.3) is 10.9 Å². The van der Waals surface area contributed by atoms with Crippen LogP contribution in [0.1, 0.15) is 12.8 Å². The number of nitrogens with zero attached hydrogens (tertiary/aromatic N) is 1. The number of rotatable bonds is 3. The third-order valence-electron chi connectivity index (χ3n) is 3.15. The number of benzene rings is 1. The first-order valence-electron chi connectivity index (χ1n) is 6.40. The van der Waals surface area contributed by atoms with Crippen molar-refractivity contribution in [1.29, 1.82) is 0 Å². The molecule has 102 valence electrons. The summed E-state index contributed by atoms with van der Waals surface area (Å²) in [6.45, 7) is 0. The Morgan fingerprint density at radius 1 is 1.10 bits per heavy atom. The molecule has 0 bridgehead atoms. The average Bonchev–Trinajstić information content (AvgIpc) is 2.48. The molecule has 1 heterocycles. The average molecular weight is 286 g/mol. The van der Waals surface area contributed by atoms with Gasteiger partial charge in [-0.05, 0) is 31.1 Å². The second kappa shape index (κ2) is 5.09. The van der Waals surface area contributed by atoms with Gasteiger partial charge in [0.25, 0.3) is 10.0 Å². The number of sulfonamides is 1. The molecule has 1 N–H and O–H groups in total. The second-order valence-corrected chi connectivity index (χ2v) is 6.25. The van der Waals surface area contributed by atoms with Gasteiger partial charge in [-0.2, -0.15) is 0 Å². The van der Waals surface area contributed by atoms with Gasteiger partial charge in [0.2, 0.25) is 0 Å². The van der Waals surface area contributed by atoms with Gasteiger partial charge >= 0.3 is 0 Å². The zero-order valence-electron chi connectivity index (χ0n) is 10.8. The van der Waals surface area contributed by atoms with Gasteiger partial charge in [0, 0.05) is 11.6 Å². The van der Waals surface area contributed by atoms with E-state index in [0.717, 1.165) is 18.2 Å². The molecule has 0 spiro atoms. The molecule has 0 atom stereocenters. The number of fused-ring (bicyclic) bond motifs is 1. The Morgan fingerprint density at radius 3 is 2.75 bits per heavy atom. The number of hydrogen-bond donors (Lipinski definition) is 1. The van der Waals surface area contributed by atoms with Crippen LogP contribution in [0.5, 0.6) is 0 Å². The van der Waals surface area contributed by atoms with Crippen LogP contribution < -0.4 is 4.72 Å². The summed E-state index contributed by atoms with van der Waals surface area (Å²) in [6, 6.07) is 9.17. The van der Waals surface area contributed by atoms with Crippen LogP contribution in [0.2, 0.25) is 0 Å². The number of aromatic nitrogens is 1. The molecule has 0 aliphatic heterocycles. The Bertz CT molecular complexity index is 802. The van der Waals surface area contributed by atoms with Crippen LogP contribution in [0.4, 0.5) is 5.69 Å². The third kappa shape index (κ3) is 2.44. The number of hydrogen-bond acceptors (Lipinski definition) is 3. The quantitative estimate of drug-likeness (QED) is 0.942. The molecule has 20 heavy (non-hydrogen) atoms. The Kier molecular flexibility index (Phi) is 3.28. The smallest absolute Gasteiger partial charge is 0.261 e. The van der Waals surface area contributed by atoms with E-state index in [4.69, 9.17) is 0 Å². The minimum absolute atomic E-state index is 0.316. The zero-order valence-corrected chi connectivity index (χ0v) is 11.6. The van der Waals surface area contributed by atoms with Crippen molar-refractivity contribution in [2.75, 3.05) is 4.72 Å². The number of allylic oxidation sites excluding steroid dienone is 3. The van der Waals surface area contributed by atoms with Crippen molar-refractivity contribution in [1.82, 2.24) is 4.98 Å². The van der Waals surface area contributed by atoms with Gasteiger partial charge in [0.15, 0.2) is 0 Å². The fourth-order valence-electron chi connectivity index (χ4n) is 2.18. The van der Waals surface area contributed by atoms with Gasteiger partial charge in [-0.1, -0.05) is 30.4 Å². The molecule has 0 fully saturated rings. The fourth-order valence-corrected chi connectivity index (χ4v) is 3.36. The Morgan fingerprint density at radius 2 is 1.95 bits per heavy atom. The van der Waals surface area contributed by atoms with Gasteiger partial charge in [0.05, 0.1) is 16.1 Å². The lowest BCUT2D eigenvalue weighted by Crippen LogP contribution is -2.15. The largest absolute Gasteiger partial charge is 0.277 e. The highest BCUT2D eigenvalue weighted by Crippen LogP contribution is 2.24. The van der Waals surface area contributed by atoms with E-state index in [0.29, 0.717) is 16.1 Å². The number of anilines is 1. The van der Waals surface area contributed by atoms with E-state index in [1.807, 2.05) is 30.3 Å². The van der Waals surface area contributed by atoms with Crippen molar-refractivity contribution in [2.45, 2.75) is 12.8 Å². The standard InChI is InChI=1S/C15H14N2O2S/c18-20(19,13-8-2-1-3-9-13)17-14-10-4-6-12-7-5-11-16-15(12)14/h2,4-11,17H,1,3H2. The van der Waals surface area contributed by atoms with Crippen molar-refractivity contribution in [2.24, 2.45) is 0 Å². The van der Waals surface area contributed by atoms with E-state index in [-0.39, 0.29) is 0 Å². The van der Waals surface area contributed by atoms with E-state index in [1.54, 1.807) is 24.4 Å². The number of para-hydroxylation sites is 1. The van der Waals surface area contributed by atoms with Crippen LogP contribution in [-0.2, 0) is 10.0 Å². The number of pyridine rings is 1. The lowest BCUT2D eigenvalue weighted by atomic mass is 10.2. The van der Waals surface area contributed by atoms with Gasteiger partial charge < -0.3 is 0 Å². The minimum atomic E-state index is -3.54. The molecule has 1 aliphatic carbocycles. The van der Waals surface area contributed by atoms with Crippen LogP contribution in [0.3, 0.4) is 0 Å². The van der Waals surface area contributed by atoms with Crippen molar-refractivity contribution in [3.05, 3.63) is 59.7 Å². The molecule has 5 heteroatoms. The first kappa shape index (κ1) is 12.9. The molecule has 3 rings (SSSR count). The highest BCUT2D eigenvalue weighted by molar-refractivity contribution is 7.96. The third-order valence-corrected chi connectivity index (χ3v) is 4.56. The SMILES string of the molecule is O=S(=O)(Nc1cccc2cccnc12)C1=CCCC=C1. The Labute approximate surface area is 117 Å². The van der Waals surface area contributed by atoms with E-state index in [9.17, 15) is 8.42 Å².